The fourth-order valence-electron chi connectivity index (χ4n) is 1.45. The van der Waals surface area contributed by atoms with Crippen molar-refractivity contribution in [3.8, 4) is 0 Å². The highest BCUT2D eigenvalue weighted by atomic mass is 35.5. The summed E-state index contributed by atoms with van der Waals surface area (Å²) in [6.07, 6.45) is 2.37. The molecule has 3 heteroatoms. The summed E-state index contributed by atoms with van der Waals surface area (Å²) in [5.74, 6) is 3.20. The summed E-state index contributed by atoms with van der Waals surface area (Å²) in [6, 6.07) is 0. The van der Waals surface area contributed by atoms with Crippen LogP contribution in [0.2, 0.25) is 0 Å². The van der Waals surface area contributed by atoms with Gasteiger partial charge < -0.3 is 4.74 Å². The van der Waals surface area contributed by atoms with Crippen LogP contribution < -0.4 is 0 Å². The van der Waals surface area contributed by atoms with Crippen molar-refractivity contribution in [3.05, 3.63) is 0 Å². The normalized spacial score (nSPS) is 29.5. The summed E-state index contributed by atoms with van der Waals surface area (Å²) in [4.78, 5) is 0. The standard InChI is InChI=1S/C9H17ClOS/c1-2-12-6-4-9(7-10)3-5-11-8-9/h2-8H2,1H3. The molecule has 1 aliphatic heterocycles. The van der Waals surface area contributed by atoms with Gasteiger partial charge in [-0.05, 0) is 24.3 Å². The topological polar surface area (TPSA) is 9.23 Å². The predicted molar refractivity (Wildman–Crippen MR) is 56.2 cm³/mol. The van der Waals surface area contributed by atoms with Crippen LogP contribution in [0.5, 0.6) is 0 Å². The van der Waals surface area contributed by atoms with E-state index in [9.17, 15) is 0 Å². The van der Waals surface area contributed by atoms with Gasteiger partial charge in [0.05, 0.1) is 6.61 Å². The SMILES string of the molecule is CCSCCC1(CCl)CCOC1. The van der Waals surface area contributed by atoms with Crippen LogP contribution >= 0.6 is 23.4 Å². The zero-order valence-corrected chi connectivity index (χ0v) is 9.22. The predicted octanol–water partition coefficient (Wildman–Crippen LogP) is 2.78. The van der Waals surface area contributed by atoms with Gasteiger partial charge in [-0.2, -0.15) is 11.8 Å². The summed E-state index contributed by atoms with van der Waals surface area (Å²) in [5.41, 5.74) is 0.309. The van der Waals surface area contributed by atoms with Crippen molar-refractivity contribution in [2.75, 3.05) is 30.6 Å². The number of halogens is 1. The summed E-state index contributed by atoms with van der Waals surface area (Å²) in [5, 5.41) is 0. The Hall–Kier alpha value is 0.600. The van der Waals surface area contributed by atoms with Crippen molar-refractivity contribution >= 4 is 23.4 Å². The summed E-state index contributed by atoms with van der Waals surface area (Å²) in [6.45, 7) is 3.98. The van der Waals surface area contributed by atoms with Gasteiger partial charge in [-0.3, -0.25) is 0 Å². The lowest BCUT2D eigenvalue weighted by Crippen LogP contribution is -2.23. The van der Waals surface area contributed by atoms with Gasteiger partial charge in [-0.15, -0.1) is 11.6 Å². The third-order valence-electron chi connectivity index (χ3n) is 2.45. The minimum Gasteiger partial charge on any atom is -0.381 e. The molecule has 1 fully saturated rings. The quantitative estimate of drug-likeness (QED) is 0.508. The minimum atomic E-state index is 0.309. The molecular weight excluding hydrogens is 192 g/mol. The van der Waals surface area contributed by atoms with Gasteiger partial charge in [0.1, 0.15) is 0 Å². The van der Waals surface area contributed by atoms with E-state index in [4.69, 9.17) is 16.3 Å². The van der Waals surface area contributed by atoms with E-state index in [0.29, 0.717) is 5.41 Å². The molecule has 0 N–H and O–H groups in total. The lowest BCUT2D eigenvalue weighted by Gasteiger charge is -2.23. The molecule has 0 amide bonds. The van der Waals surface area contributed by atoms with E-state index < -0.39 is 0 Å². The molecular formula is C9H17ClOS. The molecule has 1 aliphatic rings. The van der Waals surface area contributed by atoms with Crippen LogP contribution in [0, 0.1) is 5.41 Å². The van der Waals surface area contributed by atoms with E-state index in [1.54, 1.807) is 0 Å². The van der Waals surface area contributed by atoms with Crippen molar-refractivity contribution in [2.45, 2.75) is 19.8 Å². The third kappa shape index (κ3) is 2.82. The van der Waals surface area contributed by atoms with Gasteiger partial charge in [-0.25, -0.2) is 0 Å². The van der Waals surface area contributed by atoms with Crippen LogP contribution in [0.25, 0.3) is 0 Å². The maximum atomic E-state index is 5.95. The van der Waals surface area contributed by atoms with Crippen molar-refractivity contribution in [1.82, 2.24) is 0 Å². The van der Waals surface area contributed by atoms with Gasteiger partial charge in [0.15, 0.2) is 0 Å². The lowest BCUT2D eigenvalue weighted by molar-refractivity contribution is 0.159. The van der Waals surface area contributed by atoms with Crippen LogP contribution in [-0.2, 0) is 4.74 Å². The molecule has 1 saturated heterocycles. The number of rotatable bonds is 5. The fourth-order valence-corrected chi connectivity index (χ4v) is 2.66. The first-order valence-electron chi connectivity index (χ1n) is 4.54. The number of alkyl halides is 1. The Morgan fingerprint density at radius 2 is 2.42 bits per heavy atom. The van der Waals surface area contributed by atoms with E-state index >= 15 is 0 Å². The molecule has 0 saturated carbocycles. The Morgan fingerprint density at radius 3 is 2.92 bits per heavy atom. The highest BCUT2D eigenvalue weighted by Gasteiger charge is 2.33. The van der Waals surface area contributed by atoms with E-state index in [-0.39, 0.29) is 0 Å². The molecule has 0 aromatic heterocycles. The third-order valence-corrected chi connectivity index (χ3v) is 3.92. The molecule has 72 valence electrons. The van der Waals surface area contributed by atoms with Crippen LogP contribution in [0.1, 0.15) is 19.8 Å². The smallest absolute Gasteiger partial charge is 0.0535 e. The molecule has 1 atom stereocenters. The Balaban J connectivity index is 2.24. The highest BCUT2D eigenvalue weighted by molar-refractivity contribution is 7.99. The van der Waals surface area contributed by atoms with Crippen molar-refractivity contribution in [1.29, 1.82) is 0 Å². The zero-order chi connectivity index (χ0) is 8.86. The summed E-state index contributed by atoms with van der Waals surface area (Å²) < 4.78 is 5.39. The zero-order valence-electron chi connectivity index (χ0n) is 7.64. The van der Waals surface area contributed by atoms with E-state index in [1.165, 1.54) is 17.9 Å². The molecule has 0 bridgehead atoms. The van der Waals surface area contributed by atoms with Crippen molar-refractivity contribution in [2.24, 2.45) is 5.41 Å². The Labute approximate surface area is 84.2 Å². The van der Waals surface area contributed by atoms with Crippen LogP contribution in [0.3, 0.4) is 0 Å². The number of hydrogen-bond donors (Lipinski definition) is 0. The van der Waals surface area contributed by atoms with Gasteiger partial charge in [0.2, 0.25) is 0 Å². The van der Waals surface area contributed by atoms with E-state index in [0.717, 1.165) is 25.5 Å². The molecule has 1 unspecified atom stereocenters. The Bertz CT molecular complexity index is 124. The Kier molecular flexibility index (Phi) is 4.77. The van der Waals surface area contributed by atoms with Gasteiger partial charge in [-0.1, -0.05) is 6.92 Å². The first-order valence-corrected chi connectivity index (χ1v) is 6.23. The van der Waals surface area contributed by atoms with E-state index in [2.05, 4.69) is 6.92 Å². The average molecular weight is 209 g/mol. The molecule has 0 aromatic carbocycles. The second-order valence-electron chi connectivity index (χ2n) is 3.38. The molecule has 0 aromatic rings. The maximum absolute atomic E-state index is 5.95. The lowest BCUT2D eigenvalue weighted by atomic mass is 9.87. The number of thioether (sulfide) groups is 1. The second kappa shape index (κ2) is 5.36. The Morgan fingerprint density at radius 1 is 1.58 bits per heavy atom. The van der Waals surface area contributed by atoms with Crippen molar-refractivity contribution in [3.63, 3.8) is 0 Å². The molecule has 1 rings (SSSR count). The number of ether oxygens (including phenoxy) is 1. The molecule has 1 heterocycles. The largest absolute Gasteiger partial charge is 0.381 e. The first-order chi connectivity index (χ1) is 5.83. The summed E-state index contributed by atoms with van der Waals surface area (Å²) in [7, 11) is 0. The van der Waals surface area contributed by atoms with Crippen LogP contribution in [0.4, 0.5) is 0 Å². The van der Waals surface area contributed by atoms with Gasteiger partial charge >= 0.3 is 0 Å². The molecule has 1 nitrogen and oxygen atoms in total. The molecule has 0 radical (unpaired) electrons. The first kappa shape index (κ1) is 10.7. The molecule has 0 aliphatic carbocycles. The van der Waals surface area contributed by atoms with Crippen LogP contribution in [-0.4, -0.2) is 30.6 Å². The highest BCUT2D eigenvalue weighted by Crippen LogP contribution is 2.34. The molecule has 0 spiro atoms. The van der Waals surface area contributed by atoms with Gasteiger partial charge in [0, 0.05) is 17.9 Å². The van der Waals surface area contributed by atoms with E-state index in [1.807, 2.05) is 11.8 Å². The minimum absolute atomic E-state index is 0.309. The van der Waals surface area contributed by atoms with Crippen LogP contribution in [0.15, 0.2) is 0 Å². The van der Waals surface area contributed by atoms with Gasteiger partial charge in [0.25, 0.3) is 0 Å². The second-order valence-corrected chi connectivity index (χ2v) is 5.04. The van der Waals surface area contributed by atoms with Crippen molar-refractivity contribution < 1.29 is 4.74 Å². The summed E-state index contributed by atoms with van der Waals surface area (Å²) >= 11 is 7.95. The fraction of sp³-hybridized carbons (Fsp3) is 1.00. The average Bonchev–Trinajstić information content (AvgIpc) is 2.55. The maximum Gasteiger partial charge on any atom is 0.0535 e. The number of hydrogen-bond acceptors (Lipinski definition) is 2. The monoisotopic (exact) mass is 208 g/mol. The molecule has 12 heavy (non-hydrogen) atoms.